The van der Waals surface area contributed by atoms with Crippen LogP contribution in [0.3, 0.4) is 0 Å². The molecule has 0 aliphatic heterocycles. The van der Waals surface area contributed by atoms with Gasteiger partial charge in [0.15, 0.2) is 11.5 Å². The molecule has 0 saturated carbocycles. The van der Waals surface area contributed by atoms with Gasteiger partial charge in [0.1, 0.15) is 0 Å². The second kappa shape index (κ2) is 5.57. The number of aromatic nitrogens is 3. The van der Waals surface area contributed by atoms with Crippen molar-refractivity contribution < 1.29 is 9.90 Å². The summed E-state index contributed by atoms with van der Waals surface area (Å²) in [6, 6.07) is 5.07. The van der Waals surface area contributed by atoms with E-state index in [4.69, 9.17) is 5.11 Å². The number of aromatic carboxylic acids is 1. The van der Waals surface area contributed by atoms with Crippen molar-refractivity contribution in [2.75, 3.05) is 0 Å². The molecule has 0 aromatic carbocycles. The Morgan fingerprint density at radius 1 is 1.24 bits per heavy atom. The van der Waals surface area contributed by atoms with Crippen LogP contribution in [0, 0.1) is 6.92 Å². The molecule has 0 bridgehead atoms. The monoisotopic (exact) mass is 222 g/mol. The molecular weight excluding hydrogens is 213 g/mol. The number of carboxylic acid groups (broad SMARTS) is 1. The first-order valence-corrected chi connectivity index (χ1v) is 4.67. The number of hydrogen-bond donors (Lipinski definition) is 1. The zero-order valence-electron chi connectivity index (χ0n) is 9.58. The van der Waals surface area contributed by atoms with Gasteiger partial charge in [0, 0.05) is 36.9 Å². The second-order valence-electron chi connectivity index (χ2n) is 3.23. The van der Waals surface area contributed by atoms with Crippen molar-refractivity contribution >= 4 is 24.8 Å². The van der Waals surface area contributed by atoms with Crippen molar-refractivity contribution in [3.05, 3.63) is 42.0 Å². The van der Waals surface area contributed by atoms with Gasteiger partial charge in [0.2, 0.25) is 0 Å². The van der Waals surface area contributed by atoms with E-state index in [-0.39, 0.29) is 24.6 Å². The molecule has 1 radical (unpaired) electrons. The third-order valence-corrected chi connectivity index (χ3v) is 2.04. The number of carboxylic acids is 1. The Labute approximate surface area is 110 Å². The molecule has 2 rings (SSSR count). The van der Waals surface area contributed by atoms with Gasteiger partial charge < -0.3 is 5.11 Å². The Balaban J connectivity index is 0.00000144. The Hall–Kier alpha value is -1.70. The molecule has 2 aromatic heterocycles. The molecule has 6 heteroatoms. The van der Waals surface area contributed by atoms with Crippen LogP contribution in [-0.4, -0.2) is 44.9 Å². The first-order valence-electron chi connectivity index (χ1n) is 4.67. The van der Waals surface area contributed by atoms with Crippen molar-refractivity contribution in [2.45, 2.75) is 6.92 Å². The van der Waals surface area contributed by atoms with E-state index in [2.05, 4.69) is 15.0 Å². The second-order valence-corrected chi connectivity index (χ2v) is 3.23. The molecule has 1 N–H and O–H groups in total. The average molecular weight is 222 g/mol. The molecule has 2 aromatic rings. The largest absolute Gasteiger partial charge is 0.476 e. The Morgan fingerprint density at radius 2 is 1.88 bits per heavy atom. The van der Waals surface area contributed by atoms with Crippen molar-refractivity contribution in [1.82, 2.24) is 15.0 Å². The van der Waals surface area contributed by atoms with Gasteiger partial charge in [-0.05, 0) is 25.1 Å². The molecule has 81 valence electrons. The normalized spacial score (nSPS) is 9.47. The predicted octanol–water partition coefficient (Wildman–Crippen LogP) is 1.16. The summed E-state index contributed by atoms with van der Waals surface area (Å²) in [7, 11) is 0. The van der Waals surface area contributed by atoms with Gasteiger partial charge in [0.25, 0.3) is 0 Å². The van der Waals surface area contributed by atoms with E-state index in [1.807, 2.05) is 0 Å². The van der Waals surface area contributed by atoms with Crippen LogP contribution in [0.15, 0.2) is 30.6 Å². The standard InChI is InChI=1S/C11H9N3O2.Li/c1-7-3-4-8(9(14-7)11(15)16)10-12-5-2-6-13-10;/h2-6H,1H3,(H,15,16);. The summed E-state index contributed by atoms with van der Waals surface area (Å²) >= 11 is 0. The number of rotatable bonds is 2. The summed E-state index contributed by atoms with van der Waals surface area (Å²) in [6.45, 7) is 1.74. The SMILES string of the molecule is Cc1ccc(-c2ncccn2)c(C(=O)O)n1.[Li]. The van der Waals surface area contributed by atoms with E-state index in [1.54, 1.807) is 37.5 Å². The maximum atomic E-state index is 11.0. The molecule has 0 aliphatic carbocycles. The van der Waals surface area contributed by atoms with Gasteiger partial charge in [-0.2, -0.15) is 0 Å². The van der Waals surface area contributed by atoms with Gasteiger partial charge in [-0.15, -0.1) is 0 Å². The summed E-state index contributed by atoms with van der Waals surface area (Å²) in [4.78, 5) is 23.0. The van der Waals surface area contributed by atoms with Gasteiger partial charge in [-0.1, -0.05) is 0 Å². The minimum absolute atomic E-state index is 0. The average Bonchev–Trinajstić information content (AvgIpc) is 2.30. The molecule has 17 heavy (non-hydrogen) atoms. The van der Waals surface area contributed by atoms with Gasteiger partial charge >= 0.3 is 5.97 Å². The van der Waals surface area contributed by atoms with Crippen LogP contribution in [0.25, 0.3) is 11.4 Å². The zero-order chi connectivity index (χ0) is 11.5. The first kappa shape index (κ1) is 13.4. The van der Waals surface area contributed by atoms with Crippen LogP contribution in [0.1, 0.15) is 16.2 Å². The number of pyridine rings is 1. The fraction of sp³-hybridized carbons (Fsp3) is 0.0909. The maximum Gasteiger partial charge on any atom is 0.355 e. The van der Waals surface area contributed by atoms with Crippen molar-refractivity contribution in [3.8, 4) is 11.4 Å². The summed E-state index contributed by atoms with van der Waals surface area (Å²) in [5.74, 6) is -0.710. The smallest absolute Gasteiger partial charge is 0.355 e. The number of carbonyl (C=O) groups is 1. The quantitative estimate of drug-likeness (QED) is 0.771. The number of hydrogen-bond acceptors (Lipinski definition) is 4. The van der Waals surface area contributed by atoms with Crippen LogP contribution in [0.4, 0.5) is 0 Å². The van der Waals surface area contributed by atoms with Crippen molar-refractivity contribution in [2.24, 2.45) is 0 Å². The minimum Gasteiger partial charge on any atom is -0.476 e. The van der Waals surface area contributed by atoms with Gasteiger partial charge in [-0.3, -0.25) is 0 Å². The van der Waals surface area contributed by atoms with Gasteiger partial charge in [0.05, 0.1) is 5.56 Å². The summed E-state index contributed by atoms with van der Waals surface area (Å²) in [5, 5.41) is 9.03. The van der Waals surface area contributed by atoms with Crippen LogP contribution in [-0.2, 0) is 0 Å². The molecule has 0 unspecified atom stereocenters. The maximum absolute atomic E-state index is 11.0. The van der Waals surface area contributed by atoms with Crippen LogP contribution >= 0.6 is 0 Å². The molecule has 0 fully saturated rings. The van der Waals surface area contributed by atoms with Crippen molar-refractivity contribution in [3.63, 3.8) is 0 Å². The summed E-state index contributed by atoms with van der Waals surface area (Å²) < 4.78 is 0. The third kappa shape index (κ3) is 2.90. The third-order valence-electron chi connectivity index (χ3n) is 2.04. The van der Waals surface area contributed by atoms with Crippen LogP contribution < -0.4 is 0 Å². The van der Waals surface area contributed by atoms with Crippen LogP contribution in [0.5, 0.6) is 0 Å². The number of aryl methyl sites for hydroxylation is 1. The minimum atomic E-state index is -1.08. The zero-order valence-corrected chi connectivity index (χ0v) is 9.58. The summed E-state index contributed by atoms with van der Waals surface area (Å²) in [6.07, 6.45) is 3.13. The van der Waals surface area contributed by atoms with E-state index in [0.29, 0.717) is 17.1 Å². The molecule has 5 nitrogen and oxygen atoms in total. The Kier molecular flexibility index (Phi) is 4.38. The van der Waals surface area contributed by atoms with E-state index in [1.165, 1.54) is 0 Å². The molecule has 0 atom stereocenters. The molecule has 0 amide bonds. The van der Waals surface area contributed by atoms with E-state index >= 15 is 0 Å². The molecule has 0 aliphatic rings. The van der Waals surface area contributed by atoms with Crippen LogP contribution in [0.2, 0.25) is 0 Å². The van der Waals surface area contributed by atoms with E-state index in [9.17, 15) is 4.79 Å². The fourth-order valence-corrected chi connectivity index (χ4v) is 1.34. The Morgan fingerprint density at radius 3 is 2.47 bits per heavy atom. The van der Waals surface area contributed by atoms with Gasteiger partial charge in [-0.25, -0.2) is 19.7 Å². The molecule has 0 saturated heterocycles. The predicted molar refractivity (Wildman–Crippen MR) is 62.7 cm³/mol. The van der Waals surface area contributed by atoms with Crippen molar-refractivity contribution in [1.29, 1.82) is 0 Å². The first-order chi connectivity index (χ1) is 7.68. The van der Waals surface area contributed by atoms with E-state index < -0.39 is 5.97 Å². The molecule has 2 heterocycles. The molecule has 0 spiro atoms. The fourth-order valence-electron chi connectivity index (χ4n) is 1.34. The topological polar surface area (TPSA) is 76.0 Å². The van der Waals surface area contributed by atoms with E-state index in [0.717, 1.165) is 0 Å². The summed E-state index contributed by atoms with van der Waals surface area (Å²) in [5.41, 5.74) is 1.06. The molecular formula is C11H9LiN3O2. The Bertz CT molecular complexity index is 531. The number of nitrogens with zero attached hydrogens (tertiary/aromatic N) is 3.